The maximum atomic E-state index is 10.5. The fourth-order valence-electron chi connectivity index (χ4n) is 3.13. The number of ether oxygens (including phenoxy) is 2. The summed E-state index contributed by atoms with van der Waals surface area (Å²) in [5, 5.41) is 12.7. The first kappa shape index (κ1) is 14.4. The molecule has 3 nitrogen and oxygen atoms in total. The average molecular weight is 286 g/mol. The molecule has 1 saturated heterocycles. The zero-order valence-corrected chi connectivity index (χ0v) is 12.4. The van der Waals surface area contributed by atoms with Gasteiger partial charge >= 0.3 is 0 Å². The predicted octanol–water partition coefficient (Wildman–Crippen LogP) is 3.84. The monoisotopic (exact) mass is 286 g/mol. The van der Waals surface area contributed by atoms with E-state index in [1.165, 1.54) is 0 Å². The molecular formula is C18H22O3. The Balaban J connectivity index is 1.82. The first-order valence-corrected chi connectivity index (χ1v) is 7.65. The Bertz CT molecular complexity index is 602. The number of hydrogen-bond acceptors (Lipinski definition) is 3. The summed E-state index contributed by atoms with van der Waals surface area (Å²) in [7, 11) is 1.68. The van der Waals surface area contributed by atoms with Crippen molar-refractivity contribution < 1.29 is 14.6 Å². The molecule has 0 aromatic heterocycles. The van der Waals surface area contributed by atoms with Crippen LogP contribution in [0.4, 0.5) is 0 Å². The standard InChI is InChI=1S/C18H22O3/c1-20-18-11-9-15(14-6-2-3-7-16(14)18)17(19)10-8-13-5-4-12-21-13/h2-3,6-7,9,11,13,17,19H,4-5,8,10,12H2,1H3. The highest BCUT2D eigenvalue weighted by Crippen LogP contribution is 2.33. The van der Waals surface area contributed by atoms with Crippen LogP contribution in [0.25, 0.3) is 10.8 Å². The SMILES string of the molecule is COc1ccc(C(O)CCC2CCCO2)c2ccccc12. The van der Waals surface area contributed by atoms with Crippen LogP contribution in [0.5, 0.6) is 5.75 Å². The number of fused-ring (bicyclic) bond motifs is 1. The topological polar surface area (TPSA) is 38.7 Å². The first-order chi connectivity index (χ1) is 10.3. The Hall–Kier alpha value is -1.58. The third-order valence-electron chi connectivity index (χ3n) is 4.28. The molecule has 21 heavy (non-hydrogen) atoms. The third kappa shape index (κ3) is 3.04. The maximum Gasteiger partial charge on any atom is 0.126 e. The molecule has 0 radical (unpaired) electrons. The molecule has 3 rings (SSSR count). The van der Waals surface area contributed by atoms with E-state index in [0.717, 1.165) is 54.4 Å². The molecule has 1 aliphatic heterocycles. The van der Waals surface area contributed by atoms with Crippen LogP contribution in [0.15, 0.2) is 36.4 Å². The van der Waals surface area contributed by atoms with Gasteiger partial charge in [-0.05, 0) is 42.7 Å². The van der Waals surface area contributed by atoms with Crippen molar-refractivity contribution in [3.8, 4) is 5.75 Å². The van der Waals surface area contributed by atoms with Crippen LogP contribution < -0.4 is 4.74 Å². The van der Waals surface area contributed by atoms with Crippen molar-refractivity contribution in [2.24, 2.45) is 0 Å². The molecule has 1 heterocycles. The molecule has 0 amide bonds. The quantitative estimate of drug-likeness (QED) is 0.907. The van der Waals surface area contributed by atoms with Crippen molar-refractivity contribution in [2.45, 2.75) is 37.9 Å². The summed E-state index contributed by atoms with van der Waals surface area (Å²) in [4.78, 5) is 0. The lowest BCUT2D eigenvalue weighted by Crippen LogP contribution is -2.08. The summed E-state index contributed by atoms with van der Waals surface area (Å²) in [5.74, 6) is 0.848. The van der Waals surface area contributed by atoms with Gasteiger partial charge in [-0.3, -0.25) is 0 Å². The number of methoxy groups -OCH3 is 1. The van der Waals surface area contributed by atoms with Gasteiger partial charge in [0.15, 0.2) is 0 Å². The molecule has 2 atom stereocenters. The smallest absolute Gasteiger partial charge is 0.126 e. The average Bonchev–Trinajstić information content (AvgIpc) is 3.05. The van der Waals surface area contributed by atoms with E-state index in [2.05, 4.69) is 0 Å². The van der Waals surface area contributed by atoms with Crippen molar-refractivity contribution in [1.29, 1.82) is 0 Å². The zero-order valence-electron chi connectivity index (χ0n) is 12.4. The summed E-state index contributed by atoms with van der Waals surface area (Å²) in [6.45, 7) is 0.867. The predicted molar refractivity (Wildman–Crippen MR) is 83.7 cm³/mol. The Morgan fingerprint density at radius 1 is 1.24 bits per heavy atom. The number of hydrogen-bond donors (Lipinski definition) is 1. The Kier molecular flexibility index (Phi) is 4.42. The second kappa shape index (κ2) is 6.46. The van der Waals surface area contributed by atoms with Crippen molar-refractivity contribution in [3.05, 3.63) is 42.0 Å². The van der Waals surface area contributed by atoms with Crippen molar-refractivity contribution in [3.63, 3.8) is 0 Å². The second-order valence-corrected chi connectivity index (χ2v) is 5.63. The van der Waals surface area contributed by atoms with Crippen LogP contribution in [0.2, 0.25) is 0 Å². The molecule has 1 fully saturated rings. The highest BCUT2D eigenvalue weighted by Gasteiger charge is 2.19. The van der Waals surface area contributed by atoms with Crippen molar-refractivity contribution >= 4 is 10.8 Å². The van der Waals surface area contributed by atoms with Gasteiger partial charge in [0.2, 0.25) is 0 Å². The van der Waals surface area contributed by atoms with Gasteiger partial charge < -0.3 is 14.6 Å². The molecule has 1 N–H and O–H groups in total. The number of aliphatic hydroxyl groups is 1. The van der Waals surface area contributed by atoms with Crippen LogP contribution in [0.3, 0.4) is 0 Å². The highest BCUT2D eigenvalue weighted by molar-refractivity contribution is 5.91. The van der Waals surface area contributed by atoms with E-state index in [0.29, 0.717) is 6.10 Å². The molecule has 2 aromatic carbocycles. The largest absolute Gasteiger partial charge is 0.496 e. The number of benzene rings is 2. The summed E-state index contributed by atoms with van der Waals surface area (Å²) in [6.07, 6.45) is 3.79. The van der Waals surface area contributed by atoms with E-state index in [9.17, 15) is 5.11 Å². The van der Waals surface area contributed by atoms with E-state index in [-0.39, 0.29) is 0 Å². The Labute approximate surface area is 125 Å². The molecule has 3 heteroatoms. The normalized spacial score (nSPS) is 19.8. The van der Waals surface area contributed by atoms with Crippen LogP contribution in [-0.4, -0.2) is 24.9 Å². The summed E-state index contributed by atoms with van der Waals surface area (Å²) >= 11 is 0. The summed E-state index contributed by atoms with van der Waals surface area (Å²) in [5.41, 5.74) is 0.976. The van der Waals surface area contributed by atoms with E-state index in [1.54, 1.807) is 7.11 Å². The van der Waals surface area contributed by atoms with E-state index >= 15 is 0 Å². The minimum Gasteiger partial charge on any atom is -0.496 e. The van der Waals surface area contributed by atoms with Gasteiger partial charge in [-0.2, -0.15) is 0 Å². The lowest BCUT2D eigenvalue weighted by Gasteiger charge is -2.17. The molecule has 0 bridgehead atoms. The minimum absolute atomic E-state index is 0.323. The third-order valence-corrected chi connectivity index (χ3v) is 4.28. The van der Waals surface area contributed by atoms with Gasteiger partial charge in [-0.25, -0.2) is 0 Å². The molecule has 0 spiro atoms. The van der Waals surface area contributed by atoms with E-state index < -0.39 is 6.10 Å². The summed E-state index contributed by atoms with van der Waals surface area (Å²) < 4.78 is 11.0. The Morgan fingerprint density at radius 2 is 2.05 bits per heavy atom. The summed E-state index contributed by atoms with van der Waals surface area (Å²) in [6, 6.07) is 12.0. The number of rotatable bonds is 5. The van der Waals surface area contributed by atoms with Crippen molar-refractivity contribution in [1.82, 2.24) is 0 Å². The molecule has 2 aromatic rings. The van der Waals surface area contributed by atoms with Gasteiger partial charge in [-0.15, -0.1) is 0 Å². The zero-order chi connectivity index (χ0) is 14.7. The van der Waals surface area contributed by atoms with Gasteiger partial charge in [0.1, 0.15) is 5.75 Å². The number of aliphatic hydroxyl groups excluding tert-OH is 1. The van der Waals surface area contributed by atoms with Crippen molar-refractivity contribution in [2.75, 3.05) is 13.7 Å². The van der Waals surface area contributed by atoms with Crippen LogP contribution in [0, 0.1) is 0 Å². The van der Waals surface area contributed by atoms with Gasteiger partial charge in [0.25, 0.3) is 0 Å². The van der Waals surface area contributed by atoms with E-state index in [4.69, 9.17) is 9.47 Å². The lowest BCUT2D eigenvalue weighted by molar-refractivity contribution is 0.0815. The molecule has 0 aliphatic carbocycles. The molecule has 1 aliphatic rings. The van der Waals surface area contributed by atoms with Crippen LogP contribution in [0.1, 0.15) is 37.4 Å². The minimum atomic E-state index is -0.454. The first-order valence-electron chi connectivity index (χ1n) is 7.65. The molecule has 0 saturated carbocycles. The molecule has 112 valence electrons. The molecule has 2 unspecified atom stereocenters. The highest BCUT2D eigenvalue weighted by atomic mass is 16.5. The van der Waals surface area contributed by atoms with Gasteiger partial charge in [-0.1, -0.05) is 30.3 Å². The molecular weight excluding hydrogens is 264 g/mol. The van der Waals surface area contributed by atoms with Gasteiger partial charge in [0.05, 0.1) is 19.3 Å². The lowest BCUT2D eigenvalue weighted by atomic mass is 9.96. The van der Waals surface area contributed by atoms with Gasteiger partial charge in [0, 0.05) is 12.0 Å². The Morgan fingerprint density at radius 3 is 2.76 bits per heavy atom. The fraction of sp³-hybridized carbons (Fsp3) is 0.444. The van der Waals surface area contributed by atoms with E-state index in [1.807, 2.05) is 36.4 Å². The fourth-order valence-corrected chi connectivity index (χ4v) is 3.13. The second-order valence-electron chi connectivity index (χ2n) is 5.63. The maximum absolute atomic E-state index is 10.5. The van der Waals surface area contributed by atoms with Crippen LogP contribution >= 0.6 is 0 Å². The van der Waals surface area contributed by atoms with Crippen LogP contribution in [-0.2, 0) is 4.74 Å².